The maximum absolute atomic E-state index is 10.8. The lowest BCUT2D eigenvalue weighted by atomic mass is 10.1. The molecule has 2 rings (SSSR count). The lowest BCUT2D eigenvalue weighted by molar-refractivity contribution is 0.0697. The largest absolute Gasteiger partial charge is 0.478 e. The second-order valence-corrected chi connectivity index (χ2v) is 4.16. The third-order valence-electron chi connectivity index (χ3n) is 2.79. The molecule has 0 atom stereocenters. The first-order valence-electron chi connectivity index (χ1n) is 5.60. The summed E-state index contributed by atoms with van der Waals surface area (Å²) in [6.45, 7) is 4.07. The molecule has 18 heavy (non-hydrogen) atoms. The van der Waals surface area contributed by atoms with Crippen LogP contribution in [0.15, 0.2) is 36.5 Å². The number of anilines is 2. The molecule has 4 heteroatoms. The fraction of sp³-hybridized carbons (Fsp3) is 0.143. The van der Waals surface area contributed by atoms with Crippen molar-refractivity contribution in [3.8, 4) is 0 Å². The third-order valence-corrected chi connectivity index (χ3v) is 2.79. The molecule has 0 spiro atoms. The zero-order valence-electron chi connectivity index (χ0n) is 10.3. The number of aromatic nitrogens is 1. The number of nitrogens with zero attached hydrogens (tertiary/aromatic N) is 1. The number of rotatable bonds is 3. The summed E-state index contributed by atoms with van der Waals surface area (Å²) >= 11 is 0. The number of aromatic carboxylic acids is 1. The first kappa shape index (κ1) is 12.1. The average Bonchev–Trinajstić information content (AvgIpc) is 2.34. The molecule has 2 aromatic rings. The van der Waals surface area contributed by atoms with E-state index in [1.165, 1.54) is 29.5 Å². The molecule has 1 aromatic carbocycles. The standard InChI is InChI=1S/C14H14N2O2/c1-9-3-4-12(7-10(9)2)16-13-8-11(14(17)18)5-6-15-13/h3-8H,1-2H3,(H,15,16)(H,17,18). The highest BCUT2D eigenvalue weighted by atomic mass is 16.4. The van der Waals surface area contributed by atoms with Gasteiger partial charge in [0, 0.05) is 11.9 Å². The summed E-state index contributed by atoms with van der Waals surface area (Å²) in [6.07, 6.45) is 1.48. The molecule has 0 saturated carbocycles. The van der Waals surface area contributed by atoms with Crippen LogP contribution in [0, 0.1) is 13.8 Å². The molecule has 0 unspecified atom stereocenters. The Morgan fingerprint density at radius 3 is 2.61 bits per heavy atom. The molecule has 1 heterocycles. The van der Waals surface area contributed by atoms with Crippen molar-refractivity contribution in [1.82, 2.24) is 4.98 Å². The molecule has 0 aliphatic rings. The van der Waals surface area contributed by atoms with Crippen LogP contribution in [0.3, 0.4) is 0 Å². The fourth-order valence-corrected chi connectivity index (χ4v) is 1.60. The minimum absolute atomic E-state index is 0.219. The van der Waals surface area contributed by atoms with E-state index in [0.29, 0.717) is 5.82 Å². The van der Waals surface area contributed by atoms with Crippen LogP contribution in [0.4, 0.5) is 11.5 Å². The molecule has 0 amide bonds. The van der Waals surface area contributed by atoms with Gasteiger partial charge in [0.05, 0.1) is 5.56 Å². The Hall–Kier alpha value is -2.36. The zero-order chi connectivity index (χ0) is 13.1. The molecule has 0 aliphatic heterocycles. The van der Waals surface area contributed by atoms with Gasteiger partial charge in [-0.15, -0.1) is 0 Å². The highest BCUT2D eigenvalue weighted by molar-refractivity contribution is 5.88. The van der Waals surface area contributed by atoms with E-state index in [9.17, 15) is 4.79 Å². The van der Waals surface area contributed by atoms with Gasteiger partial charge in [-0.3, -0.25) is 0 Å². The number of carboxylic acid groups (broad SMARTS) is 1. The number of hydrogen-bond donors (Lipinski definition) is 2. The van der Waals surface area contributed by atoms with E-state index < -0.39 is 5.97 Å². The van der Waals surface area contributed by atoms with E-state index in [4.69, 9.17) is 5.11 Å². The molecule has 92 valence electrons. The van der Waals surface area contributed by atoms with Crippen LogP contribution in [0.25, 0.3) is 0 Å². The smallest absolute Gasteiger partial charge is 0.335 e. The van der Waals surface area contributed by atoms with E-state index in [2.05, 4.69) is 10.3 Å². The van der Waals surface area contributed by atoms with Gasteiger partial charge in [0.2, 0.25) is 0 Å². The highest BCUT2D eigenvalue weighted by Gasteiger charge is 2.04. The second-order valence-electron chi connectivity index (χ2n) is 4.16. The molecule has 2 N–H and O–H groups in total. The summed E-state index contributed by atoms with van der Waals surface area (Å²) in [7, 11) is 0. The van der Waals surface area contributed by atoms with Crippen molar-refractivity contribution < 1.29 is 9.90 Å². The lowest BCUT2D eigenvalue weighted by Gasteiger charge is -2.08. The number of benzene rings is 1. The fourth-order valence-electron chi connectivity index (χ4n) is 1.60. The van der Waals surface area contributed by atoms with E-state index in [1.807, 2.05) is 32.0 Å². The van der Waals surface area contributed by atoms with Gasteiger partial charge in [0.25, 0.3) is 0 Å². The quantitative estimate of drug-likeness (QED) is 0.868. The van der Waals surface area contributed by atoms with E-state index in [0.717, 1.165) is 5.69 Å². The summed E-state index contributed by atoms with van der Waals surface area (Å²) in [5, 5.41) is 12.0. The normalized spacial score (nSPS) is 10.1. The minimum atomic E-state index is -0.958. The van der Waals surface area contributed by atoms with E-state index in [1.54, 1.807) is 0 Å². The van der Waals surface area contributed by atoms with Gasteiger partial charge in [-0.2, -0.15) is 0 Å². The van der Waals surface area contributed by atoms with Crippen molar-refractivity contribution in [2.45, 2.75) is 13.8 Å². The van der Waals surface area contributed by atoms with Gasteiger partial charge in [-0.25, -0.2) is 9.78 Å². The maximum Gasteiger partial charge on any atom is 0.335 e. The zero-order valence-corrected chi connectivity index (χ0v) is 10.3. The van der Waals surface area contributed by atoms with Gasteiger partial charge in [0.1, 0.15) is 5.82 Å². The molecule has 0 fully saturated rings. The van der Waals surface area contributed by atoms with Gasteiger partial charge in [-0.1, -0.05) is 6.07 Å². The van der Waals surface area contributed by atoms with Crippen molar-refractivity contribution in [2.75, 3.05) is 5.32 Å². The van der Waals surface area contributed by atoms with Gasteiger partial charge >= 0.3 is 5.97 Å². The van der Waals surface area contributed by atoms with Crippen LogP contribution in [0.1, 0.15) is 21.5 Å². The van der Waals surface area contributed by atoms with Gasteiger partial charge in [0.15, 0.2) is 0 Å². The van der Waals surface area contributed by atoms with Crippen LogP contribution >= 0.6 is 0 Å². The predicted molar refractivity (Wildman–Crippen MR) is 70.4 cm³/mol. The Labute approximate surface area is 105 Å². The van der Waals surface area contributed by atoms with E-state index in [-0.39, 0.29) is 5.56 Å². The predicted octanol–water partition coefficient (Wildman–Crippen LogP) is 3.14. The Bertz CT molecular complexity index is 594. The first-order valence-corrected chi connectivity index (χ1v) is 5.60. The number of pyridine rings is 1. The Morgan fingerprint density at radius 2 is 1.94 bits per heavy atom. The Kier molecular flexibility index (Phi) is 3.28. The Morgan fingerprint density at radius 1 is 1.17 bits per heavy atom. The topological polar surface area (TPSA) is 62.2 Å². The van der Waals surface area contributed by atoms with Crippen molar-refractivity contribution in [3.63, 3.8) is 0 Å². The molecule has 0 aliphatic carbocycles. The van der Waals surface area contributed by atoms with Crippen LogP contribution in [-0.4, -0.2) is 16.1 Å². The van der Waals surface area contributed by atoms with Crippen LogP contribution in [0.5, 0.6) is 0 Å². The van der Waals surface area contributed by atoms with Crippen molar-refractivity contribution in [3.05, 3.63) is 53.2 Å². The number of nitrogens with one attached hydrogen (secondary N) is 1. The number of carbonyl (C=O) groups is 1. The van der Waals surface area contributed by atoms with Crippen molar-refractivity contribution in [1.29, 1.82) is 0 Å². The monoisotopic (exact) mass is 242 g/mol. The molecule has 1 aromatic heterocycles. The Balaban J connectivity index is 2.25. The SMILES string of the molecule is Cc1ccc(Nc2cc(C(=O)O)ccn2)cc1C. The minimum Gasteiger partial charge on any atom is -0.478 e. The van der Waals surface area contributed by atoms with Crippen LogP contribution in [-0.2, 0) is 0 Å². The molecule has 4 nitrogen and oxygen atoms in total. The summed E-state index contributed by atoms with van der Waals surface area (Å²) in [6, 6.07) is 8.94. The summed E-state index contributed by atoms with van der Waals surface area (Å²) < 4.78 is 0. The second kappa shape index (κ2) is 4.87. The number of carboxylic acids is 1. The lowest BCUT2D eigenvalue weighted by Crippen LogP contribution is -2.00. The molecule has 0 bridgehead atoms. The average molecular weight is 242 g/mol. The highest BCUT2D eigenvalue weighted by Crippen LogP contribution is 2.18. The van der Waals surface area contributed by atoms with Gasteiger partial charge in [-0.05, 0) is 49.2 Å². The number of hydrogen-bond acceptors (Lipinski definition) is 3. The summed E-state index contributed by atoms with van der Waals surface area (Å²) in [5.74, 6) is -0.432. The third kappa shape index (κ3) is 2.66. The summed E-state index contributed by atoms with van der Waals surface area (Å²) in [5.41, 5.74) is 3.51. The molecular formula is C14H14N2O2. The molecular weight excluding hydrogens is 228 g/mol. The molecule has 0 saturated heterocycles. The van der Waals surface area contributed by atoms with Gasteiger partial charge < -0.3 is 10.4 Å². The van der Waals surface area contributed by atoms with Crippen molar-refractivity contribution in [2.24, 2.45) is 0 Å². The summed E-state index contributed by atoms with van der Waals surface area (Å²) in [4.78, 5) is 14.9. The van der Waals surface area contributed by atoms with Crippen LogP contribution in [0.2, 0.25) is 0 Å². The first-order chi connectivity index (χ1) is 8.56. The van der Waals surface area contributed by atoms with Crippen molar-refractivity contribution >= 4 is 17.5 Å². The van der Waals surface area contributed by atoms with E-state index >= 15 is 0 Å². The number of aryl methyl sites for hydroxylation is 2. The maximum atomic E-state index is 10.8. The van der Waals surface area contributed by atoms with Crippen LogP contribution < -0.4 is 5.32 Å². The molecule has 0 radical (unpaired) electrons.